The molecule has 96 valence electrons. The second-order valence-electron chi connectivity index (χ2n) is 4.39. The van der Waals surface area contributed by atoms with E-state index >= 15 is 0 Å². The highest BCUT2D eigenvalue weighted by Gasteiger charge is 2.23. The minimum absolute atomic E-state index is 0.148. The fourth-order valence-electron chi connectivity index (χ4n) is 1.78. The molecule has 0 unspecified atom stereocenters. The number of hydrogen-bond acceptors (Lipinski definition) is 3. The summed E-state index contributed by atoms with van der Waals surface area (Å²) in [6.45, 7) is 7.24. The summed E-state index contributed by atoms with van der Waals surface area (Å²) in [6, 6.07) is 3.41. The molecule has 0 amide bonds. The first-order chi connectivity index (χ1) is 7.77. The van der Waals surface area contributed by atoms with E-state index in [1.807, 2.05) is 13.0 Å². The van der Waals surface area contributed by atoms with Gasteiger partial charge >= 0.3 is 0 Å². The lowest BCUT2D eigenvalue weighted by Crippen LogP contribution is -2.31. The van der Waals surface area contributed by atoms with E-state index in [2.05, 4.69) is 4.72 Å². The van der Waals surface area contributed by atoms with Crippen LogP contribution in [0.5, 0.6) is 5.75 Å². The zero-order valence-corrected chi connectivity index (χ0v) is 11.7. The highest BCUT2D eigenvalue weighted by atomic mass is 32.2. The lowest BCUT2D eigenvalue weighted by atomic mass is 10.1. The van der Waals surface area contributed by atoms with E-state index in [0.29, 0.717) is 11.3 Å². The van der Waals surface area contributed by atoms with Crippen molar-refractivity contribution in [1.29, 1.82) is 0 Å². The standard InChI is InChI=1S/C12H19NO3S/c1-8(2)13-17(14,15)12-10(4)6-9(3)7-11(12)16-5/h6-8,13H,1-5H3. The molecule has 1 rings (SSSR count). The van der Waals surface area contributed by atoms with Crippen LogP contribution in [0.25, 0.3) is 0 Å². The zero-order valence-electron chi connectivity index (χ0n) is 10.9. The molecule has 0 aromatic heterocycles. The molecule has 5 heteroatoms. The predicted octanol–water partition coefficient (Wildman–Crippen LogP) is 2.00. The molecule has 0 spiro atoms. The number of ether oxygens (including phenoxy) is 1. The van der Waals surface area contributed by atoms with E-state index in [1.54, 1.807) is 26.8 Å². The Balaban J connectivity index is 3.40. The molecule has 0 saturated heterocycles. The smallest absolute Gasteiger partial charge is 0.244 e. The SMILES string of the molecule is COc1cc(C)cc(C)c1S(=O)(=O)NC(C)C. The summed E-state index contributed by atoms with van der Waals surface area (Å²) in [5.74, 6) is 0.385. The number of sulfonamides is 1. The van der Waals surface area contributed by atoms with Crippen molar-refractivity contribution in [2.45, 2.75) is 38.6 Å². The topological polar surface area (TPSA) is 55.4 Å². The molecule has 1 N–H and O–H groups in total. The van der Waals surface area contributed by atoms with Crippen LogP contribution >= 0.6 is 0 Å². The normalized spacial score (nSPS) is 11.9. The second kappa shape index (κ2) is 5.06. The largest absolute Gasteiger partial charge is 0.495 e. The molecule has 0 bridgehead atoms. The van der Waals surface area contributed by atoms with Crippen molar-refractivity contribution in [3.63, 3.8) is 0 Å². The average molecular weight is 257 g/mol. The van der Waals surface area contributed by atoms with Gasteiger partial charge in [0, 0.05) is 6.04 Å². The first-order valence-electron chi connectivity index (χ1n) is 5.45. The molecule has 17 heavy (non-hydrogen) atoms. The van der Waals surface area contributed by atoms with Crippen LogP contribution in [0.4, 0.5) is 0 Å². The monoisotopic (exact) mass is 257 g/mol. The third-order valence-corrected chi connectivity index (χ3v) is 4.11. The van der Waals surface area contributed by atoms with E-state index in [9.17, 15) is 8.42 Å². The molecule has 0 heterocycles. The van der Waals surface area contributed by atoms with Crippen LogP contribution in [-0.2, 0) is 10.0 Å². The number of nitrogens with one attached hydrogen (secondary N) is 1. The van der Waals surface area contributed by atoms with Crippen LogP contribution in [0.2, 0.25) is 0 Å². The quantitative estimate of drug-likeness (QED) is 0.897. The van der Waals surface area contributed by atoms with Crippen molar-refractivity contribution in [3.05, 3.63) is 23.3 Å². The van der Waals surface area contributed by atoms with Gasteiger partial charge in [0.25, 0.3) is 0 Å². The Hall–Kier alpha value is -1.07. The van der Waals surface area contributed by atoms with E-state index < -0.39 is 10.0 Å². The summed E-state index contributed by atoms with van der Waals surface area (Å²) in [6.07, 6.45) is 0. The third-order valence-electron chi connectivity index (χ3n) is 2.26. The Morgan fingerprint density at radius 1 is 1.24 bits per heavy atom. The Morgan fingerprint density at radius 3 is 2.29 bits per heavy atom. The van der Waals surface area contributed by atoms with Crippen LogP contribution in [0.3, 0.4) is 0 Å². The van der Waals surface area contributed by atoms with Crippen molar-refractivity contribution in [2.75, 3.05) is 7.11 Å². The van der Waals surface area contributed by atoms with Crippen molar-refractivity contribution in [3.8, 4) is 5.75 Å². The van der Waals surface area contributed by atoms with Gasteiger partial charge < -0.3 is 4.74 Å². The van der Waals surface area contributed by atoms with Crippen molar-refractivity contribution < 1.29 is 13.2 Å². The summed E-state index contributed by atoms with van der Waals surface area (Å²) < 4.78 is 32.0. The molecular weight excluding hydrogens is 238 g/mol. The maximum absolute atomic E-state index is 12.2. The van der Waals surface area contributed by atoms with E-state index in [-0.39, 0.29) is 10.9 Å². The van der Waals surface area contributed by atoms with Crippen molar-refractivity contribution >= 4 is 10.0 Å². The maximum Gasteiger partial charge on any atom is 0.244 e. The predicted molar refractivity (Wildman–Crippen MR) is 67.9 cm³/mol. The van der Waals surface area contributed by atoms with E-state index in [1.165, 1.54) is 7.11 Å². The molecule has 1 aromatic rings. The fourth-order valence-corrected chi connectivity index (χ4v) is 3.41. The number of hydrogen-bond donors (Lipinski definition) is 1. The first-order valence-corrected chi connectivity index (χ1v) is 6.94. The van der Waals surface area contributed by atoms with Gasteiger partial charge in [-0.15, -0.1) is 0 Å². The molecule has 0 atom stereocenters. The molecular formula is C12H19NO3S. The van der Waals surface area contributed by atoms with Gasteiger partial charge in [-0.2, -0.15) is 0 Å². The lowest BCUT2D eigenvalue weighted by molar-refractivity contribution is 0.401. The summed E-state index contributed by atoms with van der Waals surface area (Å²) in [7, 11) is -2.05. The third kappa shape index (κ3) is 3.20. The highest BCUT2D eigenvalue weighted by molar-refractivity contribution is 7.89. The Labute approximate surface area is 103 Å². The van der Waals surface area contributed by atoms with Gasteiger partial charge in [-0.1, -0.05) is 6.07 Å². The number of benzene rings is 1. The average Bonchev–Trinajstić information content (AvgIpc) is 2.13. The van der Waals surface area contributed by atoms with E-state index in [0.717, 1.165) is 5.56 Å². The summed E-state index contributed by atoms with van der Waals surface area (Å²) in [5.41, 5.74) is 1.66. The van der Waals surface area contributed by atoms with Crippen LogP contribution in [0, 0.1) is 13.8 Å². The maximum atomic E-state index is 12.2. The second-order valence-corrected chi connectivity index (χ2v) is 6.04. The molecule has 0 saturated carbocycles. The minimum atomic E-state index is -3.52. The van der Waals surface area contributed by atoms with Gasteiger partial charge in [0.15, 0.2) is 0 Å². The van der Waals surface area contributed by atoms with Crippen LogP contribution < -0.4 is 9.46 Å². The summed E-state index contributed by atoms with van der Waals surface area (Å²) in [4.78, 5) is 0.222. The van der Waals surface area contributed by atoms with Gasteiger partial charge in [-0.3, -0.25) is 0 Å². The minimum Gasteiger partial charge on any atom is -0.495 e. The molecule has 0 radical (unpaired) electrons. The van der Waals surface area contributed by atoms with Gasteiger partial charge in [0.1, 0.15) is 10.6 Å². The van der Waals surface area contributed by atoms with Gasteiger partial charge in [-0.25, -0.2) is 13.1 Å². The van der Waals surface area contributed by atoms with Gasteiger partial charge in [0.05, 0.1) is 7.11 Å². The molecule has 1 aromatic carbocycles. The van der Waals surface area contributed by atoms with Crippen LogP contribution in [0.1, 0.15) is 25.0 Å². The molecule has 4 nitrogen and oxygen atoms in total. The Bertz CT molecular complexity index is 507. The van der Waals surface area contributed by atoms with Crippen molar-refractivity contribution in [1.82, 2.24) is 4.72 Å². The first kappa shape index (κ1) is 14.0. The number of methoxy groups -OCH3 is 1. The highest BCUT2D eigenvalue weighted by Crippen LogP contribution is 2.28. The molecule has 0 aliphatic carbocycles. The summed E-state index contributed by atoms with van der Waals surface area (Å²) >= 11 is 0. The van der Waals surface area contributed by atoms with Crippen LogP contribution in [-0.4, -0.2) is 21.6 Å². The summed E-state index contributed by atoms with van der Waals surface area (Å²) in [5, 5.41) is 0. The lowest BCUT2D eigenvalue weighted by Gasteiger charge is -2.15. The van der Waals surface area contributed by atoms with Gasteiger partial charge in [-0.05, 0) is 44.9 Å². The molecule has 0 fully saturated rings. The molecule has 0 aliphatic heterocycles. The van der Waals surface area contributed by atoms with Gasteiger partial charge in [0.2, 0.25) is 10.0 Å². The number of rotatable bonds is 4. The molecule has 0 aliphatic rings. The number of aryl methyl sites for hydroxylation is 2. The van der Waals surface area contributed by atoms with Crippen LogP contribution in [0.15, 0.2) is 17.0 Å². The Morgan fingerprint density at radius 2 is 1.82 bits per heavy atom. The van der Waals surface area contributed by atoms with Crippen molar-refractivity contribution in [2.24, 2.45) is 0 Å². The Kier molecular flexibility index (Phi) is 4.16. The van der Waals surface area contributed by atoms with E-state index in [4.69, 9.17) is 4.74 Å². The fraction of sp³-hybridized carbons (Fsp3) is 0.500. The zero-order chi connectivity index (χ0) is 13.2.